The average Bonchev–Trinajstić information content (AvgIpc) is 3.89. The minimum absolute atomic E-state index is 0.554. The first kappa shape index (κ1) is 35.5. The van der Waals surface area contributed by atoms with Gasteiger partial charge in [0.1, 0.15) is 11.2 Å². The molecule has 3 heterocycles. The van der Waals surface area contributed by atoms with Gasteiger partial charge in [-0.05, 0) is 63.7 Å². The predicted octanol–water partition coefficient (Wildman–Crippen LogP) is 14.9. The van der Waals surface area contributed by atoms with Crippen molar-refractivity contribution in [3.05, 3.63) is 218 Å². The Kier molecular flexibility index (Phi) is 8.42. The van der Waals surface area contributed by atoms with Crippen LogP contribution in [0, 0.1) is 0 Å². The summed E-state index contributed by atoms with van der Waals surface area (Å²) in [5.74, 6) is 1.76. The fourth-order valence-electron chi connectivity index (χ4n) is 8.81. The van der Waals surface area contributed by atoms with E-state index in [-0.39, 0.29) is 0 Å². The molecule has 0 fully saturated rings. The van der Waals surface area contributed by atoms with Gasteiger partial charge in [-0.2, -0.15) is 0 Å². The molecule has 0 N–H and O–H groups in total. The normalized spacial score (nSPS) is 11.5. The van der Waals surface area contributed by atoms with Crippen LogP contribution >= 0.6 is 0 Å². The smallest absolute Gasteiger partial charge is 0.167 e. The maximum atomic E-state index is 6.92. The number of nitrogens with zero attached hydrogens (tertiary/aromatic N) is 4. The minimum atomic E-state index is 0.554. The molecule has 0 saturated carbocycles. The van der Waals surface area contributed by atoms with Crippen molar-refractivity contribution in [3.8, 4) is 73.2 Å². The van der Waals surface area contributed by atoms with Crippen LogP contribution in [0.2, 0.25) is 0 Å². The molecule has 0 radical (unpaired) electrons. The molecule has 3 aromatic heterocycles. The Morgan fingerprint density at radius 3 is 1.45 bits per heavy atom. The summed E-state index contributed by atoms with van der Waals surface area (Å²) in [4.78, 5) is 15.2. The van der Waals surface area contributed by atoms with Gasteiger partial charge in [0.15, 0.2) is 17.5 Å². The van der Waals surface area contributed by atoms with E-state index < -0.39 is 0 Å². The summed E-state index contributed by atoms with van der Waals surface area (Å²) in [6.07, 6.45) is 0. The second kappa shape index (κ2) is 14.7. The molecule has 0 unspecified atom stereocenters. The van der Waals surface area contributed by atoms with Crippen LogP contribution in [0.5, 0.6) is 0 Å². The summed E-state index contributed by atoms with van der Waals surface area (Å²) < 4.78 is 9.27. The quantitative estimate of drug-likeness (QED) is 0.161. The molecule has 62 heavy (non-hydrogen) atoms. The summed E-state index contributed by atoms with van der Waals surface area (Å²) in [6, 6.07) is 76.4. The van der Waals surface area contributed by atoms with Gasteiger partial charge in [0.2, 0.25) is 0 Å². The summed E-state index contributed by atoms with van der Waals surface area (Å²) in [7, 11) is 0. The van der Waals surface area contributed by atoms with Crippen molar-refractivity contribution < 1.29 is 4.42 Å². The molecule has 0 aliphatic carbocycles. The standard InChI is InChI=1S/C57H36N4O/c1-4-14-37(15-5-1)39-26-28-41(29-27-39)44-20-12-21-45(34-44)61-51-25-11-10-22-46(51)49-35-50-47-23-13-24-48(54(47)62-53(50)36-52(49)61)57-59-55(42-18-8-3-9-19-42)58-56(60-57)43-32-30-40(31-33-43)38-16-6-2-7-17-38/h1-36H. The molecule has 9 aromatic carbocycles. The molecule has 5 heteroatoms. The topological polar surface area (TPSA) is 56.7 Å². The number of hydrogen-bond donors (Lipinski definition) is 0. The van der Waals surface area contributed by atoms with Gasteiger partial charge in [-0.15, -0.1) is 0 Å². The molecule has 0 saturated heterocycles. The zero-order valence-corrected chi connectivity index (χ0v) is 33.5. The fraction of sp³-hybridized carbons (Fsp3) is 0. The van der Waals surface area contributed by atoms with E-state index in [1.807, 2.05) is 42.5 Å². The molecular formula is C57H36N4O. The van der Waals surface area contributed by atoms with E-state index in [1.54, 1.807) is 0 Å². The van der Waals surface area contributed by atoms with Crippen molar-refractivity contribution in [2.75, 3.05) is 0 Å². The summed E-state index contributed by atoms with van der Waals surface area (Å²) in [6.45, 7) is 0. The molecule has 0 spiro atoms. The van der Waals surface area contributed by atoms with E-state index in [1.165, 1.54) is 22.1 Å². The van der Waals surface area contributed by atoms with E-state index in [2.05, 4.69) is 180 Å². The van der Waals surface area contributed by atoms with Gasteiger partial charge in [0.05, 0.1) is 16.6 Å². The predicted molar refractivity (Wildman–Crippen MR) is 254 cm³/mol. The summed E-state index contributed by atoms with van der Waals surface area (Å²) in [5, 5.41) is 4.39. The summed E-state index contributed by atoms with van der Waals surface area (Å²) in [5.41, 5.74) is 14.5. The van der Waals surface area contributed by atoms with Crippen molar-refractivity contribution in [3.63, 3.8) is 0 Å². The molecule has 0 bridgehead atoms. The van der Waals surface area contributed by atoms with Gasteiger partial charge in [-0.1, -0.05) is 182 Å². The Labute approximate surface area is 357 Å². The van der Waals surface area contributed by atoms with E-state index in [4.69, 9.17) is 19.4 Å². The van der Waals surface area contributed by atoms with Gasteiger partial charge in [0, 0.05) is 44.4 Å². The lowest BCUT2D eigenvalue weighted by Crippen LogP contribution is -2.00. The lowest BCUT2D eigenvalue weighted by atomic mass is 10.00. The van der Waals surface area contributed by atoms with Gasteiger partial charge in [0.25, 0.3) is 0 Å². The summed E-state index contributed by atoms with van der Waals surface area (Å²) >= 11 is 0. The first-order valence-electron chi connectivity index (χ1n) is 20.8. The van der Waals surface area contributed by atoms with Crippen LogP contribution in [0.3, 0.4) is 0 Å². The maximum absolute atomic E-state index is 6.92. The molecule has 5 nitrogen and oxygen atoms in total. The molecular weight excluding hydrogens is 757 g/mol. The van der Waals surface area contributed by atoms with E-state index in [0.717, 1.165) is 77.4 Å². The van der Waals surface area contributed by atoms with Crippen molar-refractivity contribution in [1.29, 1.82) is 0 Å². The Morgan fingerprint density at radius 1 is 0.306 bits per heavy atom. The number of aromatic nitrogens is 4. The van der Waals surface area contributed by atoms with E-state index in [0.29, 0.717) is 17.5 Å². The maximum Gasteiger partial charge on any atom is 0.167 e. The number of benzene rings is 9. The zero-order valence-electron chi connectivity index (χ0n) is 33.5. The highest BCUT2D eigenvalue weighted by Crippen LogP contribution is 2.41. The monoisotopic (exact) mass is 792 g/mol. The fourth-order valence-corrected chi connectivity index (χ4v) is 8.81. The Hall–Kier alpha value is -8.41. The van der Waals surface area contributed by atoms with E-state index >= 15 is 0 Å². The van der Waals surface area contributed by atoms with Crippen LogP contribution in [0.1, 0.15) is 0 Å². The largest absolute Gasteiger partial charge is 0.455 e. The van der Waals surface area contributed by atoms with Crippen LogP contribution in [0.25, 0.3) is 117 Å². The first-order chi connectivity index (χ1) is 30.7. The lowest BCUT2D eigenvalue weighted by molar-refractivity contribution is 0.670. The van der Waals surface area contributed by atoms with Crippen molar-refractivity contribution in [2.45, 2.75) is 0 Å². The highest BCUT2D eigenvalue weighted by Gasteiger charge is 2.21. The highest BCUT2D eigenvalue weighted by atomic mass is 16.3. The van der Waals surface area contributed by atoms with Crippen molar-refractivity contribution >= 4 is 43.7 Å². The number of para-hydroxylation sites is 2. The van der Waals surface area contributed by atoms with Crippen LogP contribution in [-0.2, 0) is 0 Å². The van der Waals surface area contributed by atoms with Crippen LogP contribution < -0.4 is 0 Å². The van der Waals surface area contributed by atoms with Crippen molar-refractivity contribution in [1.82, 2.24) is 19.5 Å². The van der Waals surface area contributed by atoms with Gasteiger partial charge >= 0.3 is 0 Å². The average molecular weight is 793 g/mol. The van der Waals surface area contributed by atoms with Crippen LogP contribution in [0.4, 0.5) is 0 Å². The molecule has 12 aromatic rings. The minimum Gasteiger partial charge on any atom is -0.455 e. The third-order valence-electron chi connectivity index (χ3n) is 11.9. The second-order valence-corrected chi connectivity index (χ2v) is 15.6. The lowest BCUT2D eigenvalue weighted by Gasteiger charge is -2.11. The second-order valence-electron chi connectivity index (χ2n) is 15.6. The van der Waals surface area contributed by atoms with Gasteiger partial charge in [-0.25, -0.2) is 15.0 Å². The molecule has 0 atom stereocenters. The first-order valence-corrected chi connectivity index (χ1v) is 20.8. The molecule has 0 aliphatic rings. The third kappa shape index (κ3) is 6.14. The van der Waals surface area contributed by atoms with E-state index in [9.17, 15) is 0 Å². The van der Waals surface area contributed by atoms with Crippen LogP contribution in [-0.4, -0.2) is 19.5 Å². The molecule has 0 aliphatic heterocycles. The van der Waals surface area contributed by atoms with Gasteiger partial charge in [-0.3, -0.25) is 0 Å². The number of rotatable bonds is 7. The van der Waals surface area contributed by atoms with Gasteiger partial charge < -0.3 is 8.98 Å². The highest BCUT2D eigenvalue weighted by molar-refractivity contribution is 6.18. The zero-order chi connectivity index (χ0) is 41.0. The third-order valence-corrected chi connectivity index (χ3v) is 11.9. The Balaban J connectivity index is 0.991. The molecule has 290 valence electrons. The van der Waals surface area contributed by atoms with Crippen LogP contribution in [0.15, 0.2) is 223 Å². The number of fused-ring (bicyclic) bond motifs is 6. The van der Waals surface area contributed by atoms with Crippen molar-refractivity contribution in [2.24, 2.45) is 0 Å². The number of furan rings is 1. The Morgan fingerprint density at radius 2 is 0.790 bits per heavy atom. The number of hydrogen-bond acceptors (Lipinski definition) is 4. The molecule has 12 rings (SSSR count). The Bertz CT molecular complexity index is 3590. The SMILES string of the molecule is c1ccc(-c2ccc(-c3cccc(-n4c5ccccc5c5cc6c(cc54)oc4c(-c5nc(-c7ccccc7)nc(-c7ccc(-c8ccccc8)cc7)n5)cccc46)c3)cc2)cc1. The molecule has 0 amide bonds.